The molecule has 0 spiro atoms. The van der Waals surface area contributed by atoms with E-state index in [1.165, 1.54) is 11.3 Å². The molecule has 2 aromatic heterocycles. The van der Waals surface area contributed by atoms with Gasteiger partial charge in [-0.1, -0.05) is 38.3 Å². The van der Waals surface area contributed by atoms with Gasteiger partial charge in [0.2, 0.25) is 5.95 Å². The van der Waals surface area contributed by atoms with Crippen molar-refractivity contribution in [3.8, 4) is 0 Å². The molecule has 0 saturated carbocycles. The highest BCUT2D eigenvalue weighted by Gasteiger charge is 2.13. The van der Waals surface area contributed by atoms with Gasteiger partial charge in [-0.3, -0.25) is 0 Å². The minimum atomic E-state index is 0.582. The summed E-state index contributed by atoms with van der Waals surface area (Å²) in [4.78, 5) is 13.8. The molecule has 0 bridgehead atoms. The van der Waals surface area contributed by atoms with Gasteiger partial charge in [0.15, 0.2) is 0 Å². The van der Waals surface area contributed by atoms with Gasteiger partial charge >= 0.3 is 0 Å². The van der Waals surface area contributed by atoms with E-state index >= 15 is 0 Å². The second-order valence-electron chi connectivity index (χ2n) is 4.93. The zero-order valence-electron chi connectivity index (χ0n) is 12.4. The number of hydrogen-bond acceptors (Lipinski definition) is 4. The van der Waals surface area contributed by atoms with Gasteiger partial charge in [0.05, 0.1) is 0 Å². The Kier molecular flexibility index (Phi) is 5.61. The third-order valence-corrected chi connectivity index (χ3v) is 4.70. The highest BCUT2D eigenvalue weighted by atomic mass is 35.5. The van der Waals surface area contributed by atoms with Gasteiger partial charge in [0, 0.05) is 23.4 Å². The first-order valence-electron chi connectivity index (χ1n) is 7.40. The van der Waals surface area contributed by atoms with Crippen molar-refractivity contribution in [1.82, 2.24) is 9.97 Å². The molecule has 0 unspecified atom stereocenters. The topological polar surface area (TPSA) is 29.0 Å². The van der Waals surface area contributed by atoms with Crippen LogP contribution in [0.5, 0.6) is 0 Å². The summed E-state index contributed by atoms with van der Waals surface area (Å²) in [6, 6.07) is 2.14. The maximum Gasteiger partial charge on any atom is 0.228 e. The number of hydrogen-bond donors (Lipinski definition) is 0. The number of aryl methyl sites for hydroxylation is 1. The molecular formula is C15H22ClN3S. The van der Waals surface area contributed by atoms with Gasteiger partial charge in [-0.15, -0.1) is 11.3 Å². The molecule has 0 radical (unpaired) electrons. The smallest absolute Gasteiger partial charge is 0.228 e. The molecule has 5 heteroatoms. The fourth-order valence-corrected chi connectivity index (χ4v) is 3.59. The number of unbranched alkanes of at least 4 members (excludes halogenated alkanes) is 1. The lowest BCUT2D eigenvalue weighted by Gasteiger charge is -2.20. The minimum Gasteiger partial charge on any atom is -0.341 e. The van der Waals surface area contributed by atoms with Crippen molar-refractivity contribution >= 4 is 39.1 Å². The van der Waals surface area contributed by atoms with E-state index in [0.717, 1.165) is 48.5 Å². The molecule has 110 valence electrons. The molecule has 0 aliphatic carbocycles. The predicted octanol–water partition coefficient (Wildman–Crippen LogP) is 4.92. The first-order valence-corrected chi connectivity index (χ1v) is 8.59. The molecule has 0 saturated heterocycles. The summed E-state index contributed by atoms with van der Waals surface area (Å²) in [6.07, 6.45) is 4.55. The highest BCUT2D eigenvalue weighted by Crippen LogP contribution is 2.31. The van der Waals surface area contributed by atoms with Gasteiger partial charge in [0.25, 0.3) is 0 Å². The molecule has 0 aliphatic heterocycles. The van der Waals surface area contributed by atoms with E-state index < -0.39 is 0 Å². The lowest BCUT2D eigenvalue weighted by Crippen LogP contribution is -2.25. The van der Waals surface area contributed by atoms with E-state index in [4.69, 9.17) is 16.6 Å². The number of nitrogens with zero attached hydrogens (tertiary/aromatic N) is 3. The molecule has 0 fully saturated rings. The van der Waals surface area contributed by atoms with E-state index in [1.807, 2.05) is 0 Å². The van der Waals surface area contributed by atoms with Gasteiger partial charge in [0.1, 0.15) is 9.98 Å². The first kappa shape index (κ1) is 15.5. The molecule has 20 heavy (non-hydrogen) atoms. The predicted molar refractivity (Wildman–Crippen MR) is 89.2 cm³/mol. The Morgan fingerprint density at radius 2 is 2.00 bits per heavy atom. The van der Waals surface area contributed by atoms with Crippen LogP contribution in [-0.4, -0.2) is 23.1 Å². The Hall–Kier alpha value is -0.870. The number of thiophene rings is 1. The minimum absolute atomic E-state index is 0.582. The van der Waals surface area contributed by atoms with Crippen molar-refractivity contribution in [2.75, 3.05) is 18.0 Å². The second kappa shape index (κ2) is 7.23. The van der Waals surface area contributed by atoms with Crippen molar-refractivity contribution in [2.24, 2.45) is 0 Å². The zero-order chi connectivity index (χ0) is 14.5. The van der Waals surface area contributed by atoms with E-state index in [0.29, 0.717) is 5.15 Å². The van der Waals surface area contributed by atoms with Gasteiger partial charge in [-0.25, -0.2) is 9.97 Å². The number of halogens is 1. The van der Waals surface area contributed by atoms with Crippen molar-refractivity contribution in [1.29, 1.82) is 0 Å². The van der Waals surface area contributed by atoms with Crippen molar-refractivity contribution in [2.45, 2.75) is 46.5 Å². The third kappa shape index (κ3) is 3.41. The normalized spacial score (nSPS) is 11.2. The van der Waals surface area contributed by atoms with Crippen LogP contribution in [0.15, 0.2) is 6.07 Å². The number of rotatable bonds is 7. The molecule has 0 N–H and O–H groups in total. The summed E-state index contributed by atoms with van der Waals surface area (Å²) in [5, 5.41) is 1.58. The lowest BCUT2D eigenvalue weighted by atomic mass is 10.2. The Labute approximate surface area is 130 Å². The Bertz CT molecular complexity index is 567. The highest BCUT2D eigenvalue weighted by molar-refractivity contribution is 7.18. The van der Waals surface area contributed by atoms with E-state index in [9.17, 15) is 0 Å². The van der Waals surface area contributed by atoms with Crippen LogP contribution < -0.4 is 4.90 Å². The van der Waals surface area contributed by atoms with Crippen LogP contribution in [0.4, 0.5) is 5.95 Å². The molecule has 0 atom stereocenters. The molecule has 3 nitrogen and oxygen atoms in total. The summed E-state index contributed by atoms with van der Waals surface area (Å²) in [7, 11) is 0. The van der Waals surface area contributed by atoms with Crippen LogP contribution >= 0.6 is 22.9 Å². The SMILES string of the molecule is CCCCN(CC)c1nc(Cl)c2cc(CCC)sc2n1. The zero-order valence-corrected chi connectivity index (χ0v) is 14.0. The monoisotopic (exact) mass is 311 g/mol. The average molecular weight is 312 g/mol. The summed E-state index contributed by atoms with van der Waals surface area (Å²) < 4.78 is 0. The van der Waals surface area contributed by atoms with Crippen LogP contribution in [0.2, 0.25) is 5.15 Å². The summed E-state index contributed by atoms with van der Waals surface area (Å²) in [5.74, 6) is 0.767. The Balaban J connectivity index is 2.34. The second-order valence-corrected chi connectivity index (χ2v) is 6.40. The van der Waals surface area contributed by atoms with Crippen LogP contribution in [0.1, 0.15) is 44.9 Å². The fraction of sp³-hybridized carbons (Fsp3) is 0.600. The molecule has 0 amide bonds. The summed E-state index contributed by atoms with van der Waals surface area (Å²) >= 11 is 8.08. The Morgan fingerprint density at radius 3 is 2.65 bits per heavy atom. The quantitative estimate of drug-likeness (QED) is 0.679. The van der Waals surface area contributed by atoms with Crippen molar-refractivity contribution in [3.05, 3.63) is 16.1 Å². The molecule has 2 heterocycles. The van der Waals surface area contributed by atoms with Crippen molar-refractivity contribution < 1.29 is 0 Å². The number of aromatic nitrogens is 2. The molecule has 2 rings (SSSR count). The molecule has 0 aliphatic rings. The molecule has 0 aromatic carbocycles. The van der Waals surface area contributed by atoms with E-state index in [2.05, 4.69) is 36.7 Å². The largest absolute Gasteiger partial charge is 0.341 e. The van der Waals surface area contributed by atoms with Gasteiger partial charge < -0.3 is 4.90 Å². The average Bonchev–Trinajstić information content (AvgIpc) is 2.83. The maximum atomic E-state index is 6.34. The van der Waals surface area contributed by atoms with E-state index in [-0.39, 0.29) is 0 Å². The molecule has 2 aromatic rings. The van der Waals surface area contributed by atoms with Crippen LogP contribution in [0.25, 0.3) is 10.2 Å². The lowest BCUT2D eigenvalue weighted by molar-refractivity contribution is 0.716. The number of anilines is 1. The fourth-order valence-electron chi connectivity index (χ4n) is 2.19. The van der Waals surface area contributed by atoms with Crippen LogP contribution in [-0.2, 0) is 6.42 Å². The third-order valence-electron chi connectivity index (χ3n) is 3.33. The maximum absolute atomic E-state index is 6.34. The van der Waals surface area contributed by atoms with Gasteiger partial charge in [-0.2, -0.15) is 0 Å². The standard InChI is InChI=1S/C15H22ClN3S/c1-4-7-9-19(6-3)15-17-13(16)12-10-11(8-5-2)20-14(12)18-15/h10H,4-9H2,1-3H3. The van der Waals surface area contributed by atoms with E-state index in [1.54, 1.807) is 11.3 Å². The first-order chi connectivity index (χ1) is 9.69. The van der Waals surface area contributed by atoms with Crippen LogP contribution in [0.3, 0.4) is 0 Å². The summed E-state index contributed by atoms with van der Waals surface area (Å²) in [6.45, 7) is 8.42. The Morgan fingerprint density at radius 1 is 1.20 bits per heavy atom. The van der Waals surface area contributed by atoms with Crippen molar-refractivity contribution in [3.63, 3.8) is 0 Å². The number of fused-ring (bicyclic) bond motifs is 1. The van der Waals surface area contributed by atoms with Crippen LogP contribution in [0, 0.1) is 0 Å². The summed E-state index contributed by atoms with van der Waals surface area (Å²) in [5.41, 5.74) is 0. The van der Waals surface area contributed by atoms with Gasteiger partial charge in [-0.05, 0) is 25.8 Å². The molecular weight excluding hydrogens is 290 g/mol.